The van der Waals surface area contributed by atoms with Gasteiger partial charge >= 0.3 is 0 Å². The van der Waals surface area contributed by atoms with Crippen LogP contribution >= 0.6 is 11.8 Å². The smallest absolute Gasteiger partial charge is 0.255 e. The van der Waals surface area contributed by atoms with E-state index in [1.807, 2.05) is 0 Å². The van der Waals surface area contributed by atoms with E-state index in [9.17, 15) is 5.11 Å². The molecule has 0 amide bonds. The van der Waals surface area contributed by atoms with Crippen LogP contribution in [0.25, 0.3) is 5.78 Å². The Labute approximate surface area is 120 Å². The summed E-state index contributed by atoms with van der Waals surface area (Å²) in [6.07, 6.45) is 0. The Morgan fingerprint density at radius 1 is 1.15 bits per heavy atom. The van der Waals surface area contributed by atoms with Gasteiger partial charge in [-0.3, -0.25) is 0 Å². The van der Waals surface area contributed by atoms with E-state index in [0.29, 0.717) is 17.4 Å². The zero-order valence-electron chi connectivity index (χ0n) is 11.2. The van der Waals surface area contributed by atoms with E-state index in [0.717, 1.165) is 5.69 Å². The summed E-state index contributed by atoms with van der Waals surface area (Å²) < 4.78 is 1.34. The molecule has 0 bridgehead atoms. The van der Waals surface area contributed by atoms with Crippen molar-refractivity contribution < 1.29 is 5.11 Å². The fraction of sp³-hybridized carbons (Fsp3) is 0.214. The molecule has 0 spiro atoms. The molecule has 0 saturated carbocycles. The lowest BCUT2D eigenvalue weighted by atomic mass is 10.2. The zero-order valence-corrected chi connectivity index (χ0v) is 12.1. The molecular weight excluding hydrogens is 272 g/mol. The molecule has 0 aliphatic heterocycles. The third kappa shape index (κ3) is 2.60. The number of hydrogen-bond donors (Lipinski definition) is 1. The minimum Gasteiger partial charge on any atom is -0.493 e. The number of hydrogen-bond acceptors (Lipinski definition) is 5. The van der Waals surface area contributed by atoms with E-state index in [1.54, 1.807) is 24.8 Å². The average molecular weight is 286 g/mol. The second kappa shape index (κ2) is 5.13. The van der Waals surface area contributed by atoms with Crippen molar-refractivity contribution in [2.24, 2.45) is 0 Å². The van der Waals surface area contributed by atoms with Crippen molar-refractivity contribution in [2.45, 2.75) is 24.5 Å². The van der Waals surface area contributed by atoms with Crippen LogP contribution in [-0.4, -0.2) is 24.7 Å². The number of aromatic nitrogens is 4. The highest BCUT2D eigenvalue weighted by Crippen LogP contribution is 2.24. The second-order valence-corrected chi connectivity index (χ2v) is 5.63. The first kappa shape index (κ1) is 12.9. The molecule has 0 aliphatic rings. The molecular formula is C14H14N4OS. The molecule has 3 rings (SSSR count). The summed E-state index contributed by atoms with van der Waals surface area (Å²) in [4.78, 5) is 9.75. The second-order valence-electron chi connectivity index (χ2n) is 4.58. The lowest BCUT2D eigenvalue weighted by Gasteiger charge is -2.03. The third-order valence-corrected chi connectivity index (χ3v) is 3.91. The maximum Gasteiger partial charge on any atom is 0.255 e. The summed E-state index contributed by atoms with van der Waals surface area (Å²) >= 11 is 1.68. The standard InChI is InChI=1S/C14H14N4OS/c1-9-3-5-12(6-4-9)20-8-11-7-13(19)18-14(16-11)15-10(2)17-18/h3-7,19H,8H2,1-2H3. The van der Waals surface area contributed by atoms with E-state index >= 15 is 0 Å². The maximum atomic E-state index is 9.91. The Kier molecular flexibility index (Phi) is 3.31. The highest BCUT2D eigenvalue weighted by Gasteiger charge is 2.08. The Morgan fingerprint density at radius 2 is 1.90 bits per heavy atom. The summed E-state index contributed by atoms with van der Waals surface area (Å²) in [5.74, 6) is 1.77. The molecule has 1 N–H and O–H groups in total. The van der Waals surface area contributed by atoms with Crippen molar-refractivity contribution in [3.8, 4) is 5.88 Å². The molecule has 6 heteroatoms. The summed E-state index contributed by atoms with van der Waals surface area (Å²) in [5.41, 5.74) is 2.03. The van der Waals surface area contributed by atoms with Crippen molar-refractivity contribution in [3.63, 3.8) is 0 Å². The van der Waals surface area contributed by atoms with Gasteiger partial charge in [0.1, 0.15) is 5.82 Å². The summed E-state index contributed by atoms with van der Waals surface area (Å²) in [6, 6.07) is 9.96. The predicted octanol–water partition coefficient (Wildman–Crippen LogP) is 2.74. The number of nitrogens with zero attached hydrogens (tertiary/aromatic N) is 4. The van der Waals surface area contributed by atoms with Gasteiger partial charge in [0.2, 0.25) is 5.88 Å². The number of fused-ring (bicyclic) bond motifs is 1. The molecule has 0 fully saturated rings. The van der Waals surface area contributed by atoms with Crippen LogP contribution in [0.3, 0.4) is 0 Å². The van der Waals surface area contributed by atoms with Crippen LogP contribution in [0.5, 0.6) is 5.88 Å². The SMILES string of the molecule is Cc1ccc(SCc2cc(O)n3nc(C)nc3n2)cc1. The van der Waals surface area contributed by atoms with Crippen LogP contribution in [-0.2, 0) is 5.75 Å². The number of benzene rings is 1. The molecule has 0 atom stereocenters. The first-order chi connectivity index (χ1) is 9.61. The van der Waals surface area contributed by atoms with Crippen molar-refractivity contribution in [3.05, 3.63) is 47.4 Å². The molecule has 2 heterocycles. The zero-order chi connectivity index (χ0) is 14.1. The number of rotatable bonds is 3. The number of thioether (sulfide) groups is 1. The lowest BCUT2D eigenvalue weighted by Crippen LogP contribution is -1.96. The van der Waals surface area contributed by atoms with Gasteiger partial charge in [0.05, 0.1) is 5.69 Å². The lowest BCUT2D eigenvalue weighted by molar-refractivity contribution is 0.434. The van der Waals surface area contributed by atoms with Crippen molar-refractivity contribution in [1.29, 1.82) is 0 Å². The quantitative estimate of drug-likeness (QED) is 0.750. The average Bonchev–Trinajstić information content (AvgIpc) is 2.79. The van der Waals surface area contributed by atoms with Gasteiger partial charge in [0.15, 0.2) is 0 Å². The fourth-order valence-electron chi connectivity index (χ4n) is 1.87. The van der Waals surface area contributed by atoms with E-state index in [2.05, 4.69) is 46.3 Å². The minimum atomic E-state index is 0.0649. The molecule has 3 aromatic rings. The Hall–Kier alpha value is -2.08. The molecule has 0 saturated heterocycles. The van der Waals surface area contributed by atoms with Crippen molar-refractivity contribution in [2.75, 3.05) is 0 Å². The van der Waals surface area contributed by atoms with Crippen LogP contribution < -0.4 is 0 Å². The highest BCUT2D eigenvalue weighted by atomic mass is 32.2. The van der Waals surface area contributed by atoms with Crippen LogP contribution in [0.2, 0.25) is 0 Å². The van der Waals surface area contributed by atoms with Gasteiger partial charge in [-0.05, 0) is 26.0 Å². The molecule has 1 aromatic carbocycles. The molecule has 5 nitrogen and oxygen atoms in total. The fourth-order valence-corrected chi connectivity index (χ4v) is 2.66. The van der Waals surface area contributed by atoms with Gasteiger partial charge in [0, 0.05) is 16.7 Å². The van der Waals surface area contributed by atoms with Crippen molar-refractivity contribution in [1.82, 2.24) is 19.6 Å². The van der Waals surface area contributed by atoms with Crippen LogP contribution in [0.15, 0.2) is 35.2 Å². The Bertz CT molecular complexity index is 752. The first-order valence-corrected chi connectivity index (χ1v) is 7.22. The van der Waals surface area contributed by atoms with Crippen molar-refractivity contribution >= 4 is 17.5 Å². The topological polar surface area (TPSA) is 63.3 Å². The minimum absolute atomic E-state index is 0.0649. The maximum absolute atomic E-state index is 9.91. The van der Waals surface area contributed by atoms with Crippen LogP contribution in [0, 0.1) is 13.8 Å². The Morgan fingerprint density at radius 3 is 2.65 bits per heavy atom. The first-order valence-electron chi connectivity index (χ1n) is 6.23. The monoisotopic (exact) mass is 286 g/mol. The predicted molar refractivity (Wildman–Crippen MR) is 77.9 cm³/mol. The molecule has 0 unspecified atom stereocenters. The molecule has 20 heavy (non-hydrogen) atoms. The third-order valence-electron chi connectivity index (χ3n) is 2.86. The Balaban J connectivity index is 1.82. The highest BCUT2D eigenvalue weighted by molar-refractivity contribution is 7.98. The van der Waals surface area contributed by atoms with Gasteiger partial charge in [-0.25, -0.2) is 4.98 Å². The van der Waals surface area contributed by atoms with E-state index in [1.165, 1.54) is 15.0 Å². The molecule has 102 valence electrons. The van der Waals surface area contributed by atoms with Gasteiger partial charge in [-0.2, -0.15) is 9.50 Å². The number of aromatic hydroxyl groups is 1. The summed E-state index contributed by atoms with van der Waals surface area (Å²) in [5, 5.41) is 14.0. The molecule has 0 aliphatic carbocycles. The summed E-state index contributed by atoms with van der Waals surface area (Å²) in [7, 11) is 0. The van der Waals surface area contributed by atoms with Gasteiger partial charge in [-0.15, -0.1) is 16.9 Å². The normalized spacial score (nSPS) is 11.1. The van der Waals surface area contributed by atoms with Gasteiger partial charge in [-0.1, -0.05) is 17.7 Å². The largest absolute Gasteiger partial charge is 0.493 e. The van der Waals surface area contributed by atoms with Crippen LogP contribution in [0.1, 0.15) is 17.1 Å². The van der Waals surface area contributed by atoms with E-state index < -0.39 is 0 Å². The summed E-state index contributed by atoms with van der Waals surface area (Å²) in [6.45, 7) is 3.84. The molecule has 2 aromatic heterocycles. The van der Waals surface area contributed by atoms with Gasteiger partial charge < -0.3 is 5.11 Å². The van der Waals surface area contributed by atoms with E-state index in [-0.39, 0.29) is 5.88 Å². The number of aryl methyl sites for hydroxylation is 2. The van der Waals surface area contributed by atoms with Crippen LogP contribution in [0.4, 0.5) is 0 Å². The molecule has 0 radical (unpaired) electrons. The van der Waals surface area contributed by atoms with Gasteiger partial charge in [0.25, 0.3) is 5.78 Å². The van der Waals surface area contributed by atoms with E-state index in [4.69, 9.17) is 0 Å².